The molecule has 0 radical (unpaired) electrons. The number of rotatable bonds is 0. The average Bonchev–Trinajstić information content (AvgIpc) is 1.78. The topological polar surface area (TPSA) is 3.24 Å². The van der Waals surface area contributed by atoms with Crippen molar-refractivity contribution in [1.82, 2.24) is 4.90 Å². The summed E-state index contributed by atoms with van der Waals surface area (Å²) in [5.41, 5.74) is 1.03. The molecule has 1 aliphatic rings. The van der Waals surface area contributed by atoms with Crippen LogP contribution in [0.4, 0.5) is 0 Å². The maximum absolute atomic E-state index is 2.48. The second-order valence-corrected chi connectivity index (χ2v) is 6.35. The molecule has 1 nitrogen and oxygen atoms in total. The Morgan fingerprint density at radius 1 is 1.00 bits per heavy atom. The lowest BCUT2D eigenvalue weighted by Crippen LogP contribution is -2.38. The number of hydrogen-bond donors (Lipinski definition) is 0. The quantitative estimate of drug-likeness (QED) is 0.557. The van der Waals surface area contributed by atoms with Gasteiger partial charge in [0.15, 0.2) is 0 Å². The van der Waals surface area contributed by atoms with Gasteiger partial charge in [0.2, 0.25) is 0 Å². The molecule has 0 aromatic rings. The summed E-state index contributed by atoms with van der Waals surface area (Å²) in [4.78, 5) is 2.48. The van der Waals surface area contributed by atoms with Crippen molar-refractivity contribution in [2.24, 2.45) is 10.8 Å². The van der Waals surface area contributed by atoms with Crippen LogP contribution in [0, 0.1) is 10.8 Å². The molecule has 0 unspecified atom stereocenters. The van der Waals surface area contributed by atoms with Crippen molar-refractivity contribution in [1.29, 1.82) is 0 Å². The molecule has 1 heterocycles. The molecule has 0 aromatic heterocycles. The van der Waals surface area contributed by atoms with E-state index in [1.54, 1.807) is 0 Å². The second kappa shape index (κ2) is 3.61. The largest absolute Gasteiger partial charge is 0.306 e. The van der Waals surface area contributed by atoms with Gasteiger partial charge in [0.25, 0.3) is 0 Å². The average molecular weight is 183 g/mol. The van der Waals surface area contributed by atoms with Crippen molar-refractivity contribution < 1.29 is 0 Å². The fourth-order valence-electron chi connectivity index (χ4n) is 3.08. The lowest BCUT2D eigenvalue weighted by atomic mass is 9.71. The van der Waals surface area contributed by atoms with E-state index in [0.29, 0.717) is 10.8 Å². The van der Waals surface area contributed by atoms with E-state index in [9.17, 15) is 0 Å². The normalized spacial score (nSPS) is 29.3. The molecule has 1 rings (SSSR count). The highest BCUT2D eigenvalue weighted by Gasteiger charge is 2.31. The summed E-state index contributed by atoms with van der Waals surface area (Å²) in [6.07, 6.45) is 4.09. The van der Waals surface area contributed by atoms with Crippen LogP contribution in [0.2, 0.25) is 0 Å². The minimum atomic E-state index is 0.485. The Morgan fingerprint density at radius 3 is 2.23 bits per heavy atom. The summed E-state index contributed by atoms with van der Waals surface area (Å²) >= 11 is 0. The monoisotopic (exact) mass is 183 g/mol. The van der Waals surface area contributed by atoms with Crippen LogP contribution < -0.4 is 0 Å². The molecule has 78 valence electrons. The van der Waals surface area contributed by atoms with E-state index in [4.69, 9.17) is 0 Å². The molecule has 0 atom stereocenters. The first-order valence-corrected chi connectivity index (χ1v) is 5.49. The molecule has 13 heavy (non-hydrogen) atoms. The van der Waals surface area contributed by atoms with Crippen molar-refractivity contribution in [2.45, 2.75) is 47.0 Å². The lowest BCUT2D eigenvalue weighted by Gasteiger charge is -2.40. The van der Waals surface area contributed by atoms with Crippen molar-refractivity contribution in [2.75, 3.05) is 20.1 Å². The molecule has 1 saturated heterocycles. The van der Waals surface area contributed by atoms with Gasteiger partial charge >= 0.3 is 0 Å². The summed E-state index contributed by atoms with van der Waals surface area (Å²) in [5.74, 6) is 0. The second-order valence-electron chi connectivity index (χ2n) is 6.35. The highest BCUT2D eigenvalue weighted by molar-refractivity contribution is 4.83. The van der Waals surface area contributed by atoms with E-state index in [-0.39, 0.29) is 0 Å². The molecular weight excluding hydrogens is 158 g/mol. The molecule has 0 aliphatic carbocycles. The van der Waals surface area contributed by atoms with Crippen LogP contribution in [0.15, 0.2) is 0 Å². The Labute approximate surface area is 83.5 Å². The first-order valence-electron chi connectivity index (χ1n) is 5.49. The molecule has 1 heteroatoms. The molecule has 0 bridgehead atoms. The van der Waals surface area contributed by atoms with Gasteiger partial charge in [0.1, 0.15) is 0 Å². The number of likely N-dealkylation sites (tertiary alicyclic amines) is 1. The van der Waals surface area contributed by atoms with Gasteiger partial charge in [-0.15, -0.1) is 0 Å². The third kappa shape index (κ3) is 3.68. The molecular formula is C12H25N. The van der Waals surface area contributed by atoms with Crippen LogP contribution in [0.3, 0.4) is 0 Å². The van der Waals surface area contributed by atoms with E-state index >= 15 is 0 Å². The van der Waals surface area contributed by atoms with Gasteiger partial charge in [0, 0.05) is 6.54 Å². The maximum atomic E-state index is 2.48. The summed E-state index contributed by atoms with van der Waals surface area (Å²) in [6.45, 7) is 12.1. The van der Waals surface area contributed by atoms with E-state index in [2.05, 4.69) is 39.6 Å². The van der Waals surface area contributed by atoms with Crippen LogP contribution in [0.5, 0.6) is 0 Å². The van der Waals surface area contributed by atoms with E-state index in [1.165, 1.54) is 32.4 Å². The van der Waals surface area contributed by atoms with Crippen LogP contribution >= 0.6 is 0 Å². The minimum absolute atomic E-state index is 0.485. The minimum Gasteiger partial charge on any atom is -0.306 e. The summed E-state index contributed by atoms with van der Waals surface area (Å²) in [5, 5.41) is 0. The van der Waals surface area contributed by atoms with E-state index < -0.39 is 0 Å². The van der Waals surface area contributed by atoms with Gasteiger partial charge < -0.3 is 4.90 Å². The fourth-order valence-corrected chi connectivity index (χ4v) is 3.08. The Hall–Kier alpha value is -0.0400. The van der Waals surface area contributed by atoms with Crippen LogP contribution in [-0.4, -0.2) is 25.0 Å². The molecule has 1 fully saturated rings. The summed E-state index contributed by atoms with van der Waals surface area (Å²) in [7, 11) is 2.25. The molecule has 0 aromatic carbocycles. The zero-order chi connectivity index (χ0) is 10.1. The van der Waals surface area contributed by atoms with Gasteiger partial charge in [-0.2, -0.15) is 0 Å². The van der Waals surface area contributed by atoms with Crippen molar-refractivity contribution in [3.63, 3.8) is 0 Å². The highest BCUT2D eigenvalue weighted by Crippen LogP contribution is 2.38. The molecule has 0 N–H and O–H groups in total. The predicted molar refractivity (Wildman–Crippen MR) is 58.9 cm³/mol. The smallest absolute Gasteiger partial charge is 0.00298 e. The molecule has 0 spiro atoms. The number of nitrogens with zero attached hydrogens (tertiary/aromatic N) is 1. The van der Waals surface area contributed by atoms with E-state index in [0.717, 1.165) is 0 Å². The first kappa shape index (κ1) is 11.0. The van der Waals surface area contributed by atoms with Gasteiger partial charge in [-0.1, -0.05) is 27.7 Å². The number of hydrogen-bond acceptors (Lipinski definition) is 1. The van der Waals surface area contributed by atoms with Gasteiger partial charge in [0.05, 0.1) is 0 Å². The molecule has 1 aliphatic heterocycles. The van der Waals surface area contributed by atoms with Crippen LogP contribution in [0.25, 0.3) is 0 Å². The lowest BCUT2D eigenvalue weighted by molar-refractivity contribution is 0.101. The van der Waals surface area contributed by atoms with Crippen LogP contribution in [-0.2, 0) is 0 Å². The zero-order valence-electron chi connectivity index (χ0n) is 9.98. The highest BCUT2D eigenvalue weighted by atomic mass is 15.1. The fraction of sp³-hybridized carbons (Fsp3) is 1.00. The summed E-state index contributed by atoms with van der Waals surface area (Å²) in [6, 6.07) is 0. The van der Waals surface area contributed by atoms with Gasteiger partial charge in [-0.25, -0.2) is 0 Å². The predicted octanol–water partition coefficient (Wildman–Crippen LogP) is 3.15. The Kier molecular flexibility index (Phi) is 3.06. The van der Waals surface area contributed by atoms with Crippen LogP contribution in [0.1, 0.15) is 47.0 Å². The van der Waals surface area contributed by atoms with Crippen molar-refractivity contribution in [3.05, 3.63) is 0 Å². The molecule has 0 amide bonds. The SMILES string of the molecule is CN1CCCC(C)(C)CC(C)(C)C1. The third-order valence-corrected chi connectivity index (χ3v) is 3.05. The van der Waals surface area contributed by atoms with Gasteiger partial charge in [-0.05, 0) is 43.7 Å². The van der Waals surface area contributed by atoms with E-state index in [1.807, 2.05) is 0 Å². The third-order valence-electron chi connectivity index (χ3n) is 3.05. The molecule has 0 saturated carbocycles. The Bertz CT molecular complexity index is 170. The first-order chi connectivity index (χ1) is 5.81. The Morgan fingerprint density at radius 2 is 1.62 bits per heavy atom. The van der Waals surface area contributed by atoms with Gasteiger partial charge in [-0.3, -0.25) is 0 Å². The Balaban J connectivity index is 2.65. The summed E-state index contributed by atoms with van der Waals surface area (Å²) < 4.78 is 0. The van der Waals surface area contributed by atoms with Crippen molar-refractivity contribution in [3.8, 4) is 0 Å². The van der Waals surface area contributed by atoms with Crippen molar-refractivity contribution >= 4 is 0 Å². The maximum Gasteiger partial charge on any atom is 0.00298 e. The zero-order valence-corrected chi connectivity index (χ0v) is 9.98. The standard InChI is InChI=1S/C12H25N/c1-11(2)7-6-8-13(5)10-12(3,4)9-11/h6-10H2,1-5H3.